The number of carbonyl (C=O) groups is 3. The van der Waals surface area contributed by atoms with Crippen LogP contribution in [0.1, 0.15) is 303 Å². The van der Waals surface area contributed by atoms with Crippen molar-refractivity contribution in [3.63, 3.8) is 0 Å². The standard InChI is InChI=1S/C59H108O6/c1-4-7-10-13-16-18-20-22-24-26-28-29-31-32-34-36-38-40-43-46-49-52-58(61)64-55-56(54-63-57(60)51-48-45-42-15-12-9-6-3)65-59(62)53-50-47-44-41-39-37-35-33-30-27-25-23-21-19-17-14-11-8-5-2/h20,22,26,28,31-32,56H,4-19,21,23-25,27,29-30,33-55H2,1-3H3/b22-20-,28-26-,32-31-. The lowest BCUT2D eigenvalue weighted by Gasteiger charge is -2.18. The first-order valence-corrected chi connectivity index (χ1v) is 28.5. The molecule has 0 spiro atoms. The Labute approximate surface area is 404 Å². The van der Waals surface area contributed by atoms with E-state index >= 15 is 0 Å². The molecule has 380 valence electrons. The molecule has 1 unspecified atom stereocenters. The molecule has 0 aliphatic rings. The van der Waals surface area contributed by atoms with Gasteiger partial charge in [0.1, 0.15) is 13.2 Å². The largest absolute Gasteiger partial charge is 0.462 e. The molecule has 0 bridgehead atoms. The van der Waals surface area contributed by atoms with Crippen LogP contribution in [0.25, 0.3) is 0 Å². The van der Waals surface area contributed by atoms with E-state index in [-0.39, 0.29) is 31.1 Å². The van der Waals surface area contributed by atoms with E-state index < -0.39 is 6.10 Å². The topological polar surface area (TPSA) is 78.9 Å². The Hall–Kier alpha value is -2.37. The number of hydrogen-bond donors (Lipinski definition) is 0. The SMILES string of the molecule is CCCCCCC/C=C\C/C=C\C/C=C\CCCCCCCCC(=O)OCC(COC(=O)CCCCCCCCC)OC(=O)CCCCCCCCCCCCCCCCCCCCC. The highest BCUT2D eigenvalue weighted by Gasteiger charge is 2.19. The second-order valence-electron chi connectivity index (χ2n) is 19.2. The highest BCUT2D eigenvalue weighted by molar-refractivity contribution is 5.71. The number of carbonyl (C=O) groups excluding carboxylic acids is 3. The number of unbranched alkanes of at least 4 members (excludes halogenated alkanes) is 35. The number of esters is 3. The third-order valence-electron chi connectivity index (χ3n) is 12.6. The molecule has 6 heteroatoms. The van der Waals surface area contributed by atoms with Gasteiger partial charge in [0.05, 0.1) is 0 Å². The molecule has 0 amide bonds. The van der Waals surface area contributed by atoms with Crippen LogP contribution in [0.2, 0.25) is 0 Å². The van der Waals surface area contributed by atoms with Crippen molar-refractivity contribution < 1.29 is 28.6 Å². The summed E-state index contributed by atoms with van der Waals surface area (Å²) in [6.45, 7) is 6.61. The molecule has 65 heavy (non-hydrogen) atoms. The average Bonchev–Trinajstić information content (AvgIpc) is 3.30. The van der Waals surface area contributed by atoms with Gasteiger partial charge < -0.3 is 14.2 Å². The fraction of sp³-hybridized carbons (Fsp3) is 0.847. The minimum atomic E-state index is -0.772. The summed E-state index contributed by atoms with van der Waals surface area (Å²) < 4.78 is 16.8. The first-order valence-electron chi connectivity index (χ1n) is 28.5. The molecule has 0 saturated carbocycles. The summed E-state index contributed by atoms with van der Waals surface area (Å²) in [7, 11) is 0. The van der Waals surface area contributed by atoms with E-state index in [1.165, 1.54) is 186 Å². The van der Waals surface area contributed by atoms with Gasteiger partial charge in [-0.05, 0) is 57.8 Å². The van der Waals surface area contributed by atoms with Crippen LogP contribution in [0.15, 0.2) is 36.5 Å². The molecule has 0 aliphatic heterocycles. The van der Waals surface area contributed by atoms with Crippen molar-refractivity contribution in [2.24, 2.45) is 0 Å². The molecule has 0 saturated heterocycles. The second kappa shape index (κ2) is 54.2. The predicted octanol–water partition coefficient (Wildman–Crippen LogP) is 18.9. The summed E-state index contributed by atoms with van der Waals surface area (Å²) in [5, 5.41) is 0. The van der Waals surface area contributed by atoms with Gasteiger partial charge in [0.25, 0.3) is 0 Å². The van der Waals surface area contributed by atoms with Gasteiger partial charge in [-0.3, -0.25) is 14.4 Å². The Kier molecular flexibility index (Phi) is 52.3. The normalized spacial score (nSPS) is 12.2. The van der Waals surface area contributed by atoms with Gasteiger partial charge in [-0.2, -0.15) is 0 Å². The van der Waals surface area contributed by atoms with Gasteiger partial charge in [-0.1, -0.05) is 263 Å². The molecular weight excluding hydrogens is 805 g/mol. The molecule has 0 heterocycles. The average molecular weight is 914 g/mol. The number of rotatable bonds is 52. The highest BCUT2D eigenvalue weighted by atomic mass is 16.6. The lowest BCUT2D eigenvalue weighted by Crippen LogP contribution is -2.30. The molecule has 1 atom stereocenters. The third kappa shape index (κ3) is 52.5. The Morgan fingerprint density at radius 1 is 0.308 bits per heavy atom. The maximum Gasteiger partial charge on any atom is 0.306 e. The molecule has 0 N–H and O–H groups in total. The van der Waals surface area contributed by atoms with Crippen molar-refractivity contribution in [3.8, 4) is 0 Å². The maximum absolute atomic E-state index is 12.8. The van der Waals surface area contributed by atoms with E-state index in [1.54, 1.807) is 0 Å². The zero-order valence-electron chi connectivity index (χ0n) is 43.5. The van der Waals surface area contributed by atoms with E-state index in [0.29, 0.717) is 19.3 Å². The van der Waals surface area contributed by atoms with Gasteiger partial charge in [-0.15, -0.1) is 0 Å². The van der Waals surface area contributed by atoms with E-state index in [0.717, 1.165) is 77.0 Å². The summed E-state index contributed by atoms with van der Waals surface area (Å²) in [4.78, 5) is 37.9. The van der Waals surface area contributed by atoms with E-state index in [9.17, 15) is 14.4 Å². The Morgan fingerprint density at radius 2 is 0.554 bits per heavy atom. The van der Waals surface area contributed by atoms with Crippen molar-refractivity contribution >= 4 is 17.9 Å². The smallest absolute Gasteiger partial charge is 0.306 e. The molecule has 0 aromatic rings. The van der Waals surface area contributed by atoms with Crippen LogP contribution in [-0.4, -0.2) is 37.2 Å². The Morgan fingerprint density at radius 3 is 0.862 bits per heavy atom. The van der Waals surface area contributed by atoms with Gasteiger partial charge in [0.15, 0.2) is 6.10 Å². The first kappa shape index (κ1) is 62.6. The van der Waals surface area contributed by atoms with Crippen LogP contribution in [0.5, 0.6) is 0 Å². The number of hydrogen-bond acceptors (Lipinski definition) is 6. The Bertz CT molecular complexity index is 1090. The Balaban J connectivity index is 4.20. The van der Waals surface area contributed by atoms with E-state index in [1.807, 2.05) is 0 Å². The summed E-state index contributed by atoms with van der Waals surface area (Å²) in [5.74, 6) is -0.877. The van der Waals surface area contributed by atoms with Crippen LogP contribution in [-0.2, 0) is 28.6 Å². The quantitative estimate of drug-likeness (QED) is 0.0262. The summed E-state index contributed by atoms with van der Waals surface area (Å²) in [5.41, 5.74) is 0. The fourth-order valence-electron chi connectivity index (χ4n) is 8.33. The minimum absolute atomic E-state index is 0.0730. The second-order valence-corrected chi connectivity index (χ2v) is 19.2. The molecule has 0 rings (SSSR count). The van der Waals surface area contributed by atoms with Crippen molar-refractivity contribution in [1.29, 1.82) is 0 Å². The minimum Gasteiger partial charge on any atom is -0.462 e. The highest BCUT2D eigenvalue weighted by Crippen LogP contribution is 2.16. The first-order chi connectivity index (χ1) is 32.0. The van der Waals surface area contributed by atoms with Gasteiger partial charge >= 0.3 is 17.9 Å². The van der Waals surface area contributed by atoms with Gasteiger partial charge in [-0.25, -0.2) is 0 Å². The van der Waals surface area contributed by atoms with Crippen molar-refractivity contribution in [2.75, 3.05) is 13.2 Å². The van der Waals surface area contributed by atoms with Crippen molar-refractivity contribution in [3.05, 3.63) is 36.5 Å². The molecule has 0 aliphatic carbocycles. The molecular formula is C59H108O6. The van der Waals surface area contributed by atoms with E-state index in [2.05, 4.69) is 57.2 Å². The molecule has 0 radical (unpaired) electrons. The lowest BCUT2D eigenvalue weighted by molar-refractivity contribution is -0.167. The zero-order valence-corrected chi connectivity index (χ0v) is 43.5. The maximum atomic E-state index is 12.8. The third-order valence-corrected chi connectivity index (χ3v) is 12.6. The van der Waals surface area contributed by atoms with Crippen molar-refractivity contribution in [1.82, 2.24) is 0 Å². The van der Waals surface area contributed by atoms with E-state index in [4.69, 9.17) is 14.2 Å². The molecule has 0 aromatic heterocycles. The predicted molar refractivity (Wildman–Crippen MR) is 279 cm³/mol. The number of ether oxygens (including phenoxy) is 3. The summed E-state index contributed by atoms with van der Waals surface area (Å²) in [6, 6.07) is 0. The molecule has 6 nitrogen and oxygen atoms in total. The summed E-state index contributed by atoms with van der Waals surface area (Å²) in [6.07, 6.45) is 64.4. The number of allylic oxidation sites excluding steroid dienone is 6. The van der Waals surface area contributed by atoms with Crippen LogP contribution in [0, 0.1) is 0 Å². The van der Waals surface area contributed by atoms with Crippen LogP contribution >= 0.6 is 0 Å². The lowest BCUT2D eigenvalue weighted by atomic mass is 10.0. The van der Waals surface area contributed by atoms with Crippen LogP contribution in [0.4, 0.5) is 0 Å². The zero-order chi connectivity index (χ0) is 47.2. The van der Waals surface area contributed by atoms with Crippen molar-refractivity contribution in [2.45, 2.75) is 309 Å². The van der Waals surface area contributed by atoms with Crippen LogP contribution in [0.3, 0.4) is 0 Å². The monoisotopic (exact) mass is 913 g/mol. The van der Waals surface area contributed by atoms with Crippen LogP contribution < -0.4 is 0 Å². The fourth-order valence-corrected chi connectivity index (χ4v) is 8.33. The summed E-state index contributed by atoms with van der Waals surface area (Å²) >= 11 is 0. The van der Waals surface area contributed by atoms with Gasteiger partial charge in [0.2, 0.25) is 0 Å². The molecule has 0 fully saturated rings. The van der Waals surface area contributed by atoms with Gasteiger partial charge in [0, 0.05) is 19.3 Å². The molecule has 0 aromatic carbocycles.